The fraction of sp³-hybridized carbons (Fsp3) is 0.562. The van der Waals surface area contributed by atoms with Crippen LogP contribution in [0.5, 0.6) is 0 Å². The van der Waals surface area contributed by atoms with E-state index in [9.17, 15) is 9.90 Å². The molecule has 1 heterocycles. The molecule has 1 aromatic rings. The van der Waals surface area contributed by atoms with E-state index < -0.39 is 0 Å². The number of aliphatic hydroxyl groups is 1. The molecule has 110 valence electrons. The Labute approximate surface area is 120 Å². The second-order valence-electron chi connectivity index (χ2n) is 5.77. The van der Waals surface area contributed by atoms with E-state index >= 15 is 0 Å². The third-order valence-electron chi connectivity index (χ3n) is 4.10. The van der Waals surface area contributed by atoms with Gasteiger partial charge >= 0.3 is 0 Å². The number of amides is 1. The topological polar surface area (TPSA) is 52.6 Å². The first-order valence-electron chi connectivity index (χ1n) is 7.32. The molecule has 0 unspecified atom stereocenters. The van der Waals surface area contributed by atoms with Crippen molar-refractivity contribution in [2.24, 2.45) is 5.92 Å². The van der Waals surface area contributed by atoms with Crippen LogP contribution >= 0.6 is 0 Å². The lowest BCUT2D eigenvalue weighted by Crippen LogP contribution is -2.55. The Morgan fingerprint density at radius 3 is 2.70 bits per heavy atom. The van der Waals surface area contributed by atoms with E-state index in [2.05, 4.69) is 24.1 Å². The molecular weight excluding hydrogens is 252 g/mol. The quantitative estimate of drug-likeness (QED) is 0.876. The number of benzene rings is 1. The maximum absolute atomic E-state index is 12.2. The minimum atomic E-state index is -0.0559. The minimum Gasteiger partial charge on any atom is -0.396 e. The monoisotopic (exact) mass is 276 g/mol. The van der Waals surface area contributed by atoms with Crippen molar-refractivity contribution in [1.82, 2.24) is 10.2 Å². The van der Waals surface area contributed by atoms with Crippen LogP contribution in [0.1, 0.15) is 30.6 Å². The maximum Gasteiger partial charge on any atom is 0.251 e. The van der Waals surface area contributed by atoms with Crippen LogP contribution in [-0.4, -0.2) is 47.7 Å². The molecule has 4 heteroatoms. The fourth-order valence-electron chi connectivity index (χ4n) is 2.72. The van der Waals surface area contributed by atoms with Crippen LogP contribution < -0.4 is 5.32 Å². The zero-order valence-corrected chi connectivity index (χ0v) is 12.2. The standard InChI is InChI=1S/C16H24N2O2/c1-12(2)18-9-8-14(11-19)15(10-18)17-16(20)13-6-4-3-5-7-13/h3-7,12,14-15,19H,8-11H2,1-2H3,(H,17,20)/t14-,15-/m1/s1. The molecule has 2 atom stereocenters. The molecule has 1 aliphatic rings. The molecule has 20 heavy (non-hydrogen) atoms. The molecule has 0 aromatic heterocycles. The number of rotatable bonds is 4. The van der Waals surface area contributed by atoms with Crippen LogP contribution in [0.4, 0.5) is 0 Å². The van der Waals surface area contributed by atoms with Gasteiger partial charge in [0.25, 0.3) is 5.91 Å². The second-order valence-corrected chi connectivity index (χ2v) is 5.77. The highest BCUT2D eigenvalue weighted by Crippen LogP contribution is 2.19. The molecule has 4 nitrogen and oxygen atoms in total. The van der Waals surface area contributed by atoms with Crippen LogP contribution in [0, 0.1) is 5.92 Å². The van der Waals surface area contributed by atoms with Crippen molar-refractivity contribution < 1.29 is 9.90 Å². The van der Waals surface area contributed by atoms with Crippen molar-refractivity contribution >= 4 is 5.91 Å². The molecule has 2 N–H and O–H groups in total. The number of likely N-dealkylation sites (tertiary alicyclic amines) is 1. The van der Waals surface area contributed by atoms with Gasteiger partial charge in [-0.05, 0) is 38.9 Å². The summed E-state index contributed by atoms with van der Waals surface area (Å²) in [5, 5.41) is 12.6. The van der Waals surface area contributed by atoms with E-state index in [1.165, 1.54) is 0 Å². The highest BCUT2D eigenvalue weighted by Gasteiger charge is 2.30. The van der Waals surface area contributed by atoms with Gasteiger partial charge in [-0.25, -0.2) is 0 Å². The molecule has 0 spiro atoms. The zero-order valence-electron chi connectivity index (χ0n) is 12.2. The molecular formula is C16H24N2O2. The first-order chi connectivity index (χ1) is 9.61. The molecule has 1 aromatic carbocycles. The number of carbonyl (C=O) groups excluding carboxylic acids is 1. The predicted molar refractivity (Wildman–Crippen MR) is 79.6 cm³/mol. The third-order valence-corrected chi connectivity index (χ3v) is 4.10. The van der Waals surface area contributed by atoms with Gasteiger partial charge in [0.2, 0.25) is 0 Å². The van der Waals surface area contributed by atoms with E-state index in [1.807, 2.05) is 30.3 Å². The summed E-state index contributed by atoms with van der Waals surface area (Å²) < 4.78 is 0. The zero-order chi connectivity index (χ0) is 14.5. The van der Waals surface area contributed by atoms with Crippen LogP contribution in [0.3, 0.4) is 0 Å². The van der Waals surface area contributed by atoms with Gasteiger partial charge in [-0.2, -0.15) is 0 Å². The molecule has 0 bridgehead atoms. The summed E-state index contributed by atoms with van der Waals surface area (Å²) in [6, 6.07) is 9.72. The lowest BCUT2D eigenvalue weighted by atomic mass is 9.91. The van der Waals surface area contributed by atoms with Gasteiger partial charge in [0.1, 0.15) is 0 Å². The van der Waals surface area contributed by atoms with Gasteiger partial charge in [-0.3, -0.25) is 9.69 Å². The highest BCUT2D eigenvalue weighted by atomic mass is 16.3. The van der Waals surface area contributed by atoms with E-state index in [-0.39, 0.29) is 24.5 Å². The van der Waals surface area contributed by atoms with E-state index in [4.69, 9.17) is 0 Å². The van der Waals surface area contributed by atoms with Crippen LogP contribution in [-0.2, 0) is 0 Å². The normalized spacial score (nSPS) is 23.8. The molecule has 0 radical (unpaired) electrons. The lowest BCUT2D eigenvalue weighted by Gasteiger charge is -2.40. The van der Waals surface area contributed by atoms with Gasteiger partial charge in [-0.15, -0.1) is 0 Å². The van der Waals surface area contributed by atoms with Crippen molar-refractivity contribution in [3.63, 3.8) is 0 Å². The first-order valence-corrected chi connectivity index (χ1v) is 7.32. The third kappa shape index (κ3) is 3.58. The van der Waals surface area contributed by atoms with Crippen LogP contribution in [0.15, 0.2) is 30.3 Å². The van der Waals surface area contributed by atoms with Crippen molar-refractivity contribution in [2.45, 2.75) is 32.4 Å². The molecule has 2 rings (SSSR count). The smallest absolute Gasteiger partial charge is 0.251 e. The van der Waals surface area contributed by atoms with Crippen LogP contribution in [0.2, 0.25) is 0 Å². The highest BCUT2D eigenvalue weighted by molar-refractivity contribution is 5.94. The summed E-state index contributed by atoms with van der Waals surface area (Å²) >= 11 is 0. The van der Waals surface area contributed by atoms with Gasteiger partial charge in [-0.1, -0.05) is 18.2 Å². The predicted octanol–water partition coefficient (Wildman–Crippen LogP) is 1.51. The summed E-state index contributed by atoms with van der Waals surface area (Å²) in [6.07, 6.45) is 0.925. The number of nitrogens with one attached hydrogen (secondary N) is 1. The summed E-state index contributed by atoms with van der Waals surface area (Å²) in [4.78, 5) is 14.6. The molecule has 1 aliphatic heterocycles. The van der Waals surface area contributed by atoms with E-state index in [0.717, 1.165) is 19.5 Å². The Morgan fingerprint density at radius 1 is 1.40 bits per heavy atom. The number of aliphatic hydroxyl groups excluding tert-OH is 1. The Morgan fingerprint density at radius 2 is 2.10 bits per heavy atom. The fourth-order valence-corrected chi connectivity index (χ4v) is 2.72. The van der Waals surface area contributed by atoms with Gasteiger partial charge in [0, 0.05) is 36.7 Å². The van der Waals surface area contributed by atoms with Gasteiger partial charge < -0.3 is 10.4 Å². The molecule has 0 aliphatic carbocycles. The van der Waals surface area contributed by atoms with Gasteiger partial charge in [0.15, 0.2) is 0 Å². The van der Waals surface area contributed by atoms with Crippen LogP contribution in [0.25, 0.3) is 0 Å². The Balaban J connectivity index is 2.02. The maximum atomic E-state index is 12.2. The second kappa shape index (κ2) is 6.86. The Kier molecular flexibility index (Phi) is 5.15. The first kappa shape index (κ1) is 15.0. The largest absolute Gasteiger partial charge is 0.396 e. The number of hydrogen-bond acceptors (Lipinski definition) is 3. The summed E-state index contributed by atoms with van der Waals surface area (Å²) in [6.45, 7) is 6.25. The molecule has 1 amide bonds. The Hall–Kier alpha value is -1.39. The van der Waals surface area contributed by atoms with Gasteiger partial charge in [0.05, 0.1) is 0 Å². The van der Waals surface area contributed by atoms with E-state index in [0.29, 0.717) is 11.6 Å². The Bertz CT molecular complexity index is 433. The average Bonchev–Trinajstić information content (AvgIpc) is 2.48. The molecule has 1 fully saturated rings. The number of piperidine rings is 1. The SMILES string of the molecule is CC(C)N1CC[C@H](CO)[C@H](NC(=O)c2ccccc2)C1. The van der Waals surface area contributed by atoms with Crippen molar-refractivity contribution in [3.05, 3.63) is 35.9 Å². The number of hydrogen-bond donors (Lipinski definition) is 2. The van der Waals surface area contributed by atoms with Crippen molar-refractivity contribution in [3.8, 4) is 0 Å². The number of nitrogens with zero attached hydrogens (tertiary/aromatic N) is 1. The summed E-state index contributed by atoms with van der Waals surface area (Å²) in [5.41, 5.74) is 0.672. The lowest BCUT2D eigenvalue weighted by molar-refractivity contribution is 0.0663. The summed E-state index contributed by atoms with van der Waals surface area (Å²) in [5.74, 6) is 0.0947. The molecule has 1 saturated heterocycles. The minimum absolute atomic E-state index is 0.0175. The van der Waals surface area contributed by atoms with Crippen molar-refractivity contribution in [2.75, 3.05) is 19.7 Å². The molecule has 0 saturated carbocycles. The van der Waals surface area contributed by atoms with E-state index in [1.54, 1.807) is 0 Å². The van der Waals surface area contributed by atoms with Crippen molar-refractivity contribution in [1.29, 1.82) is 0 Å². The summed E-state index contributed by atoms with van der Waals surface area (Å²) in [7, 11) is 0. The average molecular weight is 276 g/mol. The number of carbonyl (C=O) groups is 1.